The minimum atomic E-state index is -0.461. The first kappa shape index (κ1) is 20.3. The van der Waals surface area contributed by atoms with Crippen molar-refractivity contribution in [3.63, 3.8) is 0 Å². The van der Waals surface area contributed by atoms with Gasteiger partial charge in [0.1, 0.15) is 5.60 Å². The molecule has 2 N–H and O–H groups in total. The second-order valence-electron chi connectivity index (χ2n) is 8.41. The van der Waals surface area contributed by atoms with Crippen molar-refractivity contribution in [2.24, 2.45) is 11.8 Å². The molecule has 0 aliphatic heterocycles. The monoisotopic (exact) mass is 326 g/mol. The molecule has 2 atom stereocenters. The zero-order valence-electron chi connectivity index (χ0n) is 16.3. The summed E-state index contributed by atoms with van der Waals surface area (Å²) in [5.74, 6) is 1.40. The summed E-state index contributed by atoms with van der Waals surface area (Å²) in [6.07, 6.45) is 5.41. The molecule has 0 aromatic carbocycles. The topological polar surface area (TPSA) is 50.4 Å². The largest absolute Gasteiger partial charge is 0.444 e. The molecule has 23 heavy (non-hydrogen) atoms. The van der Waals surface area contributed by atoms with E-state index in [1.807, 2.05) is 20.8 Å². The number of hydrogen-bond donors (Lipinski definition) is 2. The Morgan fingerprint density at radius 2 is 1.61 bits per heavy atom. The van der Waals surface area contributed by atoms with Crippen LogP contribution in [0.2, 0.25) is 0 Å². The summed E-state index contributed by atoms with van der Waals surface area (Å²) in [6.45, 7) is 15.5. The lowest BCUT2D eigenvalue weighted by Gasteiger charge is -2.40. The number of nitrogens with one attached hydrogen (secondary N) is 2. The Bertz CT molecular complexity index is 362. The molecule has 0 aromatic heterocycles. The van der Waals surface area contributed by atoms with Crippen LogP contribution < -0.4 is 10.6 Å². The Morgan fingerprint density at radius 3 is 2.04 bits per heavy atom. The van der Waals surface area contributed by atoms with Gasteiger partial charge in [-0.25, -0.2) is 4.79 Å². The van der Waals surface area contributed by atoms with E-state index in [2.05, 4.69) is 38.3 Å². The number of hydrogen-bond acceptors (Lipinski definition) is 3. The Morgan fingerprint density at radius 1 is 1.09 bits per heavy atom. The summed E-state index contributed by atoms with van der Waals surface area (Å²) in [5.41, 5.74) is -0.698. The van der Waals surface area contributed by atoms with Crippen LogP contribution >= 0.6 is 0 Å². The minimum absolute atomic E-state index is 0.237. The van der Waals surface area contributed by atoms with Gasteiger partial charge in [0.05, 0.1) is 5.54 Å². The van der Waals surface area contributed by atoms with Gasteiger partial charge in [-0.1, -0.05) is 34.1 Å². The molecule has 0 aromatic rings. The molecule has 4 nitrogen and oxygen atoms in total. The molecular formula is C19H38N2O2. The highest BCUT2D eigenvalue weighted by Crippen LogP contribution is 2.29. The Hall–Kier alpha value is -0.770. The van der Waals surface area contributed by atoms with E-state index in [-0.39, 0.29) is 11.6 Å². The highest BCUT2D eigenvalue weighted by Gasteiger charge is 2.34. The summed E-state index contributed by atoms with van der Waals surface area (Å²) in [4.78, 5) is 12.2. The van der Waals surface area contributed by atoms with Gasteiger partial charge in [-0.3, -0.25) is 0 Å². The molecule has 0 bridgehead atoms. The number of carbonyl (C=O) groups is 1. The van der Waals surface area contributed by atoms with Gasteiger partial charge in [-0.2, -0.15) is 0 Å². The minimum Gasteiger partial charge on any atom is -0.444 e. The summed E-state index contributed by atoms with van der Waals surface area (Å²) in [5, 5.41) is 6.89. The molecule has 1 amide bonds. The maximum atomic E-state index is 12.2. The van der Waals surface area contributed by atoms with Crippen LogP contribution in [0.3, 0.4) is 0 Å². The van der Waals surface area contributed by atoms with Crippen LogP contribution in [0.4, 0.5) is 4.79 Å². The first-order valence-electron chi connectivity index (χ1n) is 9.37. The lowest BCUT2D eigenvalue weighted by molar-refractivity contribution is 0.0438. The average molecular weight is 327 g/mol. The van der Waals surface area contributed by atoms with E-state index in [0.29, 0.717) is 17.9 Å². The second-order valence-corrected chi connectivity index (χ2v) is 8.41. The molecule has 136 valence electrons. The molecule has 1 fully saturated rings. The van der Waals surface area contributed by atoms with Crippen LogP contribution in [0.15, 0.2) is 0 Å². The van der Waals surface area contributed by atoms with Gasteiger partial charge >= 0.3 is 6.09 Å². The molecule has 2 unspecified atom stereocenters. The fourth-order valence-corrected chi connectivity index (χ4v) is 3.64. The van der Waals surface area contributed by atoms with Crippen LogP contribution in [0.5, 0.6) is 0 Å². The molecule has 1 rings (SSSR count). The first-order chi connectivity index (χ1) is 10.6. The normalized spacial score (nSPS) is 26.0. The van der Waals surface area contributed by atoms with Crippen molar-refractivity contribution in [2.45, 2.75) is 97.8 Å². The van der Waals surface area contributed by atoms with Crippen molar-refractivity contribution in [1.82, 2.24) is 10.6 Å². The quantitative estimate of drug-likeness (QED) is 0.756. The smallest absolute Gasteiger partial charge is 0.408 e. The second kappa shape index (κ2) is 8.36. The number of rotatable bonds is 6. The fraction of sp³-hybridized carbons (Fsp3) is 0.947. The van der Waals surface area contributed by atoms with Crippen LogP contribution in [0.1, 0.15) is 80.6 Å². The van der Waals surface area contributed by atoms with Crippen molar-refractivity contribution < 1.29 is 9.53 Å². The number of ether oxygens (including phenoxy) is 1. The number of carbonyl (C=O) groups excluding carboxylic acids is 1. The van der Waals surface area contributed by atoms with Crippen LogP contribution in [-0.4, -0.2) is 29.8 Å². The van der Waals surface area contributed by atoms with E-state index in [9.17, 15) is 4.79 Å². The maximum absolute atomic E-state index is 12.2. The van der Waals surface area contributed by atoms with Gasteiger partial charge in [-0.15, -0.1) is 0 Å². The zero-order valence-corrected chi connectivity index (χ0v) is 16.3. The van der Waals surface area contributed by atoms with Gasteiger partial charge < -0.3 is 15.4 Å². The van der Waals surface area contributed by atoms with Gasteiger partial charge in [0.2, 0.25) is 0 Å². The Balaban J connectivity index is 2.67. The molecule has 1 aliphatic rings. The summed E-state index contributed by atoms with van der Waals surface area (Å²) >= 11 is 0. The molecular weight excluding hydrogens is 288 g/mol. The van der Waals surface area contributed by atoms with Crippen LogP contribution in [0.25, 0.3) is 0 Å². The van der Waals surface area contributed by atoms with Crippen molar-refractivity contribution in [3.8, 4) is 0 Å². The van der Waals surface area contributed by atoms with Crippen molar-refractivity contribution in [3.05, 3.63) is 0 Å². The predicted molar refractivity (Wildman–Crippen MR) is 96.7 cm³/mol. The lowest BCUT2D eigenvalue weighted by atomic mass is 9.78. The first-order valence-corrected chi connectivity index (χ1v) is 9.37. The van der Waals surface area contributed by atoms with E-state index in [1.165, 1.54) is 19.3 Å². The van der Waals surface area contributed by atoms with Gasteiger partial charge in [0.15, 0.2) is 0 Å². The average Bonchev–Trinajstić information content (AvgIpc) is 2.43. The third-order valence-electron chi connectivity index (χ3n) is 5.34. The molecule has 4 heteroatoms. The third-order valence-corrected chi connectivity index (χ3v) is 5.34. The predicted octanol–water partition coefficient (Wildman–Crippen LogP) is 4.48. The van der Waals surface area contributed by atoms with Crippen molar-refractivity contribution in [1.29, 1.82) is 0 Å². The van der Waals surface area contributed by atoms with Gasteiger partial charge in [0, 0.05) is 12.6 Å². The highest BCUT2D eigenvalue weighted by atomic mass is 16.6. The molecule has 0 radical (unpaired) electrons. The van der Waals surface area contributed by atoms with Crippen molar-refractivity contribution >= 4 is 6.09 Å². The van der Waals surface area contributed by atoms with E-state index in [1.54, 1.807) is 0 Å². The Kier molecular flexibility index (Phi) is 7.37. The van der Waals surface area contributed by atoms with Crippen LogP contribution in [0, 0.1) is 11.8 Å². The molecule has 0 heterocycles. The van der Waals surface area contributed by atoms with E-state index in [0.717, 1.165) is 19.4 Å². The highest BCUT2D eigenvalue weighted by molar-refractivity contribution is 5.68. The summed E-state index contributed by atoms with van der Waals surface area (Å²) < 4.78 is 5.45. The van der Waals surface area contributed by atoms with Crippen LogP contribution in [-0.2, 0) is 4.74 Å². The molecule has 0 saturated heterocycles. The number of amides is 1. The zero-order chi connectivity index (χ0) is 17.7. The Labute approximate surface area is 143 Å². The van der Waals surface area contributed by atoms with Crippen molar-refractivity contribution in [2.75, 3.05) is 6.54 Å². The molecule has 0 spiro atoms. The van der Waals surface area contributed by atoms with Gasteiger partial charge in [0.25, 0.3) is 0 Å². The maximum Gasteiger partial charge on any atom is 0.408 e. The standard InChI is InChI=1S/C19H38N2O2/c1-8-19(9-2,21-17(22)23-18(5,6)7)13-20-16-14(3)11-10-12-15(16)4/h14-16,20H,8-13H2,1-7H3,(H,21,22). The fourth-order valence-electron chi connectivity index (χ4n) is 3.64. The SMILES string of the molecule is CCC(CC)(CNC1C(C)CCCC1C)NC(=O)OC(C)(C)C. The molecule has 1 aliphatic carbocycles. The number of alkyl carbamates (subject to hydrolysis) is 1. The summed E-state index contributed by atoms with van der Waals surface area (Å²) in [7, 11) is 0. The van der Waals surface area contributed by atoms with E-state index >= 15 is 0 Å². The van der Waals surface area contributed by atoms with Gasteiger partial charge in [-0.05, 0) is 58.3 Å². The third kappa shape index (κ3) is 6.33. The molecule has 1 saturated carbocycles. The van der Waals surface area contributed by atoms with E-state index < -0.39 is 5.60 Å². The summed E-state index contributed by atoms with van der Waals surface area (Å²) in [6, 6.07) is 0.543. The lowest BCUT2D eigenvalue weighted by Crippen LogP contribution is -2.58. The van der Waals surface area contributed by atoms with E-state index in [4.69, 9.17) is 4.74 Å².